The Morgan fingerprint density at radius 1 is 0.742 bits per heavy atom. The van der Waals surface area contributed by atoms with Crippen LogP contribution in [0.3, 0.4) is 0 Å². The maximum atomic E-state index is 16.3. The number of hydrogen-bond donors (Lipinski definition) is 0. The summed E-state index contributed by atoms with van der Waals surface area (Å²) in [5.41, 5.74) is -9.90. The number of ether oxygens (including phenoxy) is 8. The highest BCUT2D eigenvalue weighted by atomic mass is 19.4. The fourth-order valence-electron chi connectivity index (χ4n) is 11.0. The van der Waals surface area contributed by atoms with E-state index in [0.717, 1.165) is 6.92 Å². The zero-order chi connectivity index (χ0) is 45.8. The van der Waals surface area contributed by atoms with E-state index in [1.807, 2.05) is 0 Å². The molecule has 0 aromatic rings. The summed E-state index contributed by atoms with van der Waals surface area (Å²) in [5, 5.41) is 0. The van der Waals surface area contributed by atoms with Gasteiger partial charge in [-0.1, -0.05) is 6.92 Å². The highest BCUT2D eigenvalue weighted by Crippen LogP contribution is 2.62. The molecule has 12 nitrogen and oxygen atoms in total. The quantitative estimate of drug-likeness (QED) is 0.0693. The molecule has 21 heteroatoms. The molecule has 6 fully saturated rings. The molecule has 62 heavy (non-hydrogen) atoms. The van der Waals surface area contributed by atoms with Crippen LogP contribution >= 0.6 is 0 Å². The molecule has 0 amide bonds. The van der Waals surface area contributed by atoms with Gasteiger partial charge in [0, 0.05) is 32.0 Å². The van der Waals surface area contributed by atoms with Crippen LogP contribution in [-0.2, 0) is 57.1 Å². The maximum Gasteiger partial charge on any atom is 0.417 e. The molecular weight excluding hydrogens is 855 g/mol. The van der Waals surface area contributed by atoms with Gasteiger partial charge in [-0.3, -0.25) is 9.59 Å². The standard InChI is InChI=1S/C41H55F9O12/c1-6-55-21(3)62-37(5,40(45,46)47)17-23-15-22-16-25(23)31-24(22)14-20(2)29(59-31)19-38(41(48,49)50,35(54)61-28-10-13-58-33(28)52)26-8-7-11-56-30(26)18-36(4,39(42,43)44)34(53)60-27-9-12-57-32(27)51/h20-31H,6-19H2,1-5H3. The van der Waals surface area contributed by atoms with Gasteiger partial charge in [-0.15, -0.1) is 0 Å². The molecule has 15 unspecified atom stereocenters. The number of cyclic esters (lactones) is 2. The van der Waals surface area contributed by atoms with Crippen LogP contribution in [0.4, 0.5) is 39.5 Å². The lowest BCUT2D eigenvalue weighted by molar-refractivity contribution is -0.320. The van der Waals surface area contributed by atoms with Gasteiger partial charge >= 0.3 is 42.4 Å². The first kappa shape index (κ1) is 48.5. The van der Waals surface area contributed by atoms with E-state index in [2.05, 4.69) is 4.74 Å². The Labute approximate surface area is 352 Å². The minimum atomic E-state index is -5.60. The van der Waals surface area contributed by atoms with Gasteiger partial charge in [0.1, 0.15) is 0 Å². The molecule has 2 aliphatic carbocycles. The first-order valence-electron chi connectivity index (χ1n) is 21.3. The molecule has 6 aliphatic rings. The monoisotopic (exact) mass is 910 g/mol. The Balaban J connectivity index is 1.34. The Kier molecular flexibility index (Phi) is 13.9. The van der Waals surface area contributed by atoms with Gasteiger partial charge in [0.15, 0.2) is 22.7 Å². The SMILES string of the molecule is CCOC(C)OC(C)(CC1CC2CC1C1OC(CC(C(=O)OC3CCOC3=O)(C3CCCOC3CC(C)(C(=O)OC3CCOC3=O)C(F)(F)F)C(F)(F)F)C(C)CC21)C(F)(F)F. The summed E-state index contributed by atoms with van der Waals surface area (Å²) in [5.74, 6) is -10.5. The first-order valence-corrected chi connectivity index (χ1v) is 21.3. The molecule has 4 aliphatic heterocycles. The van der Waals surface area contributed by atoms with Gasteiger partial charge in [0.25, 0.3) is 0 Å². The number of alkyl halides is 9. The third-order valence-corrected chi connectivity index (χ3v) is 14.3. The van der Waals surface area contributed by atoms with E-state index in [1.165, 1.54) is 6.92 Å². The van der Waals surface area contributed by atoms with Crippen LogP contribution in [-0.4, -0.2) is 111 Å². The fraction of sp³-hybridized carbons (Fsp3) is 0.902. The van der Waals surface area contributed by atoms with Crippen LogP contribution in [0.1, 0.15) is 98.8 Å². The average Bonchev–Trinajstić information content (AvgIpc) is 3.95. The zero-order valence-corrected chi connectivity index (χ0v) is 35.1. The van der Waals surface area contributed by atoms with Crippen molar-refractivity contribution in [3.05, 3.63) is 0 Å². The highest BCUT2D eigenvalue weighted by molar-refractivity contribution is 5.85. The number of fused-ring (bicyclic) bond motifs is 5. The zero-order valence-electron chi connectivity index (χ0n) is 35.1. The van der Waals surface area contributed by atoms with Crippen molar-refractivity contribution >= 4 is 23.9 Å². The number of esters is 4. The summed E-state index contributed by atoms with van der Waals surface area (Å²) >= 11 is 0. The average molecular weight is 911 g/mol. The summed E-state index contributed by atoms with van der Waals surface area (Å²) in [6.45, 7) is 5.14. The number of carbonyl (C=O) groups excluding carboxylic acids is 4. The third-order valence-electron chi connectivity index (χ3n) is 14.3. The van der Waals surface area contributed by atoms with Crippen molar-refractivity contribution in [1.82, 2.24) is 0 Å². The molecule has 4 heterocycles. The fourth-order valence-corrected chi connectivity index (χ4v) is 11.0. The smallest absolute Gasteiger partial charge is 0.417 e. The molecule has 0 radical (unpaired) electrons. The minimum absolute atomic E-state index is 0.0957. The van der Waals surface area contributed by atoms with Gasteiger partial charge in [0.2, 0.25) is 12.2 Å². The van der Waals surface area contributed by atoms with Crippen molar-refractivity contribution in [1.29, 1.82) is 0 Å². The lowest BCUT2D eigenvalue weighted by Gasteiger charge is -2.51. The van der Waals surface area contributed by atoms with Gasteiger partial charge in [-0.2, -0.15) is 39.5 Å². The van der Waals surface area contributed by atoms with Crippen LogP contribution in [0.2, 0.25) is 0 Å². The summed E-state index contributed by atoms with van der Waals surface area (Å²) in [6, 6.07) is 0. The van der Waals surface area contributed by atoms with E-state index >= 15 is 13.2 Å². The maximum absolute atomic E-state index is 16.3. The molecule has 0 aromatic carbocycles. The van der Waals surface area contributed by atoms with Crippen LogP contribution in [0.5, 0.6) is 0 Å². The molecule has 2 bridgehead atoms. The summed E-state index contributed by atoms with van der Waals surface area (Å²) in [4.78, 5) is 52.3. The number of rotatable bonds is 15. The largest absolute Gasteiger partial charge is 0.463 e. The molecule has 0 aromatic heterocycles. The van der Waals surface area contributed by atoms with Crippen LogP contribution in [0.15, 0.2) is 0 Å². The van der Waals surface area contributed by atoms with Gasteiger partial charge in [0.05, 0.1) is 31.5 Å². The normalized spacial score (nSPS) is 36.1. The second-order valence-corrected chi connectivity index (χ2v) is 18.3. The van der Waals surface area contributed by atoms with Gasteiger partial charge < -0.3 is 37.9 Å². The third kappa shape index (κ3) is 9.15. The van der Waals surface area contributed by atoms with Gasteiger partial charge in [-0.05, 0) is 109 Å². The lowest BCUT2D eigenvalue weighted by Crippen LogP contribution is -2.61. The number of hydrogen-bond acceptors (Lipinski definition) is 12. The summed E-state index contributed by atoms with van der Waals surface area (Å²) in [7, 11) is 0. The van der Waals surface area contributed by atoms with E-state index in [4.69, 9.17) is 33.2 Å². The Morgan fingerprint density at radius 2 is 1.35 bits per heavy atom. The van der Waals surface area contributed by atoms with E-state index in [9.17, 15) is 45.5 Å². The topological polar surface area (TPSA) is 142 Å². The highest BCUT2D eigenvalue weighted by Gasteiger charge is 2.71. The molecule has 4 saturated heterocycles. The molecule has 2 saturated carbocycles. The van der Waals surface area contributed by atoms with E-state index in [1.54, 1.807) is 13.8 Å². The van der Waals surface area contributed by atoms with Crippen molar-refractivity contribution in [3.63, 3.8) is 0 Å². The number of carbonyl (C=O) groups is 4. The Morgan fingerprint density at radius 3 is 1.89 bits per heavy atom. The van der Waals surface area contributed by atoms with Crippen LogP contribution < -0.4 is 0 Å². The summed E-state index contributed by atoms with van der Waals surface area (Å²) in [6.07, 6.45) is -28.1. The van der Waals surface area contributed by atoms with Crippen molar-refractivity contribution in [2.45, 2.75) is 160 Å². The molecule has 6 rings (SSSR count). The van der Waals surface area contributed by atoms with Crippen LogP contribution in [0, 0.1) is 46.3 Å². The second kappa shape index (κ2) is 17.8. The van der Waals surface area contributed by atoms with Crippen molar-refractivity contribution in [2.75, 3.05) is 26.4 Å². The van der Waals surface area contributed by atoms with Crippen molar-refractivity contribution in [3.8, 4) is 0 Å². The van der Waals surface area contributed by atoms with Crippen LogP contribution in [0.25, 0.3) is 0 Å². The van der Waals surface area contributed by atoms with Crippen molar-refractivity contribution in [2.24, 2.45) is 46.3 Å². The Hall–Kier alpha value is -2.91. The van der Waals surface area contributed by atoms with E-state index in [0.29, 0.717) is 19.8 Å². The second-order valence-electron chi connectivity index (χ2n) is 18.3. The van der Waals surface area contributed by atoms with Gasteiger partial charge in [-0.25, -0.2) is 9.59 Å². The summed E-state index contributed by atoms with van der Waals surface area (Å²) < 4.78 is 180. The van der Waals surface area contributed by atoms with Crippen molar-refractivity contribution < 1.29 is 96.6 Å². The van der Waals surface area contributed by atoms with E-state index in [-0.39, 0.29) is 63.9 Å². The minimum Gasteiger partial charge on any atom is -0.463 e. The molecular formula is C41H55F9O12. The first-order chi connectivity index (χ1) is 28.8. The molecule has 15 atom stereocenters. The predicted molar refractivity (Wildman–Crippen MR) is 192 cm³/mol. The lowest BCUT2D eigenvalue weighted by atomic mass is 9.62. The predicted octanol–water partition coefficient (Wildman–Crippen LogP) is 7.57. The Bertz CT molecular complexity index is 1660. The molecule has 354 valence electrons. The van der Waals surface area contributed by atoms with E-state index < -0.39 is 145 Å². The molecule has 0 spiro atoms. The molecule has 0 N–H and O–H groups in total. The number of halogens is 9.